The third-order valence-corrected chi connectivity index (χ3v) is 6.45. The first-order valence-corrected chi connectivity index (χ1v) is 13.7. The van der Waals surface area contributed by atoms with Crippen LogP contribution in [0.5, 0.6) is 0 Å². The number of azide groups is 1. The van der Waals surface area contributed by atoms with E-state index in [1.165, 1.54) is 0 Å². The summed E-state index contributed by atoms with van der Waals surface area (Å²) in [5, 5.41) is 3.77. The second-order valence-corrected chi connectivity index (χ2v) is 10.8. The highest BCUT2D eigenvalue weighted by atomic mass is 16.6. The Kier molecular flexibility index (Phi) is 10.9. The van der Waals surface area contributed by atoms with Gasteiger partial charge in [-0.1, -0.05) is 96.1 Å². The Labute approximate surface area is 241 Å². The van der Waals surface area contributed by atoms with E-state index in [-0.39, 0.29) is 26.4 Å². The third-order valence-electron chi connectivity index (χ3n) is 6.45. The van der Waals surface area contributed by atoms with Crippen molar-refractivity contribution in [2.75, 3.05) is 6.54 Å². The molecular formula is C32H37N3O6. The van der Waals surface area contributed by atoms with Gasteiger partial charge in [-0.2, -0.15) is 0 Å². The van der Waals surface area contributed by atoms with E-state index < -0.39 is 42.1 Å². The van der Waals surface area contributed by atoms with Gasteiger partial charge in [0.15, 0.2) is 6.10 Å². The molecule has 216 valence electrons. The molecule has 3 aromatic carbocycles. The van der Waals surface area contributed by atoms with Crippen LogP contribution in [-0.4, -0.2) is 48.6 Å². The first-order chi connectivity index (χ1) is 19.8. The SMILES string of the molecule is CC(C)(C)OC(=O)[C@@H]1O[C@H](CN=[N+]=[N-])[C@@H](OCc2ccccc2)[C@H](OCc2ccccc2)[C@H]1OCc1ccccc1. The Hall–Kier alpha value is -3.72. The maximum atomic E-state index is 13.5. The van der Waals surface area contributed by atoms with E-state index in [4.69, 9.17) is 29.2 Å². The average molecular weight is 560 g/mol. The molecule has 5 atom stereocenters. The summed E-state index contributed by atoms with van der Waals surface area (Å²) in [5.41, 5.74) is 11.2. The second-order valence-electron chi connectivity index (χ2n) is 10.8. The van der Waals surface area contributed by atoms with Crippen LogP contribution >= 0.6 is 0 Å². The lowest BCUT2D eigenvalue weighted by molar-refractivity contribution is -0.266. The Balaban J connectivity index is 1.69. The van der Waals surface area contributed by atoms with Gasteiger partial charge in [0, 0.05) is 4.91 Å². The van der Waals surface area contributed by atoms with E-state index in [1.807, 2.05) is 91.0 Å². The zero-order valence-electron chi connectivity index (χ0n) is 23.7. The minimum Gasteiger partial charge on any atom is -0.458 e. The van der Waals surface area contributed by atoms with Gasteiger partial charge in [0.1, 0.15) is 23.9 Å². The van der Waals surface area contributed by atoms with Gasteiger partial charge in [-0.15, -0.1) is 0 Å². The lowest BCUT2D eigenvalue weighted by atomic mass is 9.93. The average Bonchev–Trinajstić information content (AvgIpc) is 2.97. The lowest BCUT2D eigenvalue weighted by Crippen LogP contribution is -2.63. The largest absolute Gasteiger partial charge is 0.458 e. The predicted octanol–water partition coefficient (Wildman–Crippen LogP) is 6.16. The predicted molar refractivity (Wildman–Crippen MR) is 154 cm³/mol. The van der Waals surface area contributed by atoms with Gasteiger partial charge in [-0.05, 0) is 43.0 Å². The molecule has 9 nitrogen and oxygen atoms in total. The molecule has 0 bridgehead atoms. The van der Waals surface area contributed by atoms with Crippen LogP contribution in [0, 0.1) is 0 Å². The quantitative estimate of drug-likeness (QED) is 0.114. The summed E-state index contributed by atoms with van der Waals surface area (Å²) in [5.74, 6) is -0.587. The van der Waals surface area contributed by atoms with Crippen LogP contribution in [-0.2, 0) is 48.3 Å². The smallest absolute Gasteiger partial charge is 0.338 e. The minimum atomic E-state index is -1.14. The zero-order valence-corrected chi connectivity index (χ0v) is 23.7. The maximum Gasteiger partial charge on any atom is 0.338 e. The Morgan fingerprint density at radius 3 is 1.63 bits per heavy atom. The number of benzene rings is 3. The monoisotopic (exact) mass is 559 g/mol. The van der Waals surface area contributed by atoms with Gasteiger partial charge in [0.05, 0.1) is 32.5 Å². The zero-order chi connectivity index (χ0) is 29.1. The molecule has 0 unspecified atom stereocenters. The number of carbonyl (C=O) groups is 1. The number of rotatable bonds is 12. The summed E-state index contributed by atoms with van der Waals surface area (Å²) in [6.45, 7) is 6.03. The molecule has 0 aliphatic carbocycles. The summed E-state index contributed by atoms with van der Waals surface area (Å²) in [6, 6.07) is 29.1. The molecule has 4 rings (SSSR count). The van der Waals surface area contributed by atoms with Crippen molar-refractivity contribution in [3.63, 3.8) is 0 Å². The van der Waals surface area contributed by atoms with Gasteiger partial charge in [-0.25, -0.2) is 4.79 Å². The lowest BCUT2D eigenvalue weighted by Gasteiger charge is -2.45. The summed E-state index contributed by atoms with van der Waals surface area (Å²) < 4.78 is 31.4. The van der Waals surface area contributed by atoms with Crippen molar-refractivity contribution in [3.8, 4) is 0 Å². The molecule has 0 aromatic heterocycles. The molecule has 3 aromatic rings. The molecule has 1 saturated heterocycles. The standard InChI is InChI=1S/C32H37N3O6/c1-32(2,3)41-31(36)30-29(39-22-25-17-11-6-12-18-25)28(38-21-24-15-9-5-10-16-24)27(26(40-30)19-34-35-33)37-20-23-13-7-4-8-14-23/h4-18,26-30H,19-22H2,1-3H3/t26-,27-,28+,29-,30-/m1/s1. The Bertz CT molecular complexity index is 1260. The van der Waals surface area contributed by atoms with Crippen molar-refractivity contribution in [2.45, 2.75) is 76.7 Å². The molecule has 0 radical (unpaired) electrons. The number of ether oxygens (including phenoxy) is 5. The molecule has 0 N–H and O–H groups in total. The van der Waals surface area contributed by atoms with Crippen LogP contribution in [0.25, 0.3) is 10.4 Å². The number of esters is 1. The normalized spacial score (nSPS) is 22.5. The van der Waals surface area contributed by atoms with Gasteiger partial charge < -0.3 is 23.7 Å². The van der Waals surface area contributed by atoms with Crippen molar-refractivity contribution in [3.05, 3.63) is 118 Å². The van der Waals surface area contributed by atoms with Crippen molar-refractivity contribution in [1.29, 1.82) is 0 Å². The summed E-state index contributed by atoms with van der Waals surface area (Å²) in [6.07, 6.45) is -4.29. The topological polar surface area (TPSA) is 112 Å². The number of carbonyl (C=O) groups excluding carboxylic acids is 1. The van der Waals surface area contributed by atoms with Crippen LogP contribution in [0.1, 0.15) is 37.5 Å². The van der Waals surface area contributed by atoms with E-state index in [9.17, 15) is 4.79 Å². The van der Waals surface area contributed by atoms with Crippen LogP contribution in [0.2, 0.25) is 0 Å². The Morgan fingerprint density at radius 1 is 0.756 bits per heavy atom. The highest BCUT2D eigenvalue weighted by molar-refractivity contribution is 5.76. The maximum absolute atomic E-state index is 13.5. The fourth-order valence-corrected chi connectivity index (χ4v) is 4.60. The van der Waals surface area contributed by atoms with Crippen molar-refractivity contribution >= 4 is 5.97 Å². The molecular weight excluding hydrogens is 522 g/mol. The molecule has 1 fully saturated rings. The van der Waals surface area contributed by atoms with Crippen LogP contribution < -0.4 is 0 Å². The van der Waals surface area contributed by atoms with E-state index in [1.54, 1.807) is 20.8 Å². The fraction of sp³-hybridized carbons (Fsp3) is 0.406. The molecule has 1 aliphatic rings. The fourth-order valence-electron chi connectivity index (χ4n) is 4.60. The van der Waals surface area contributed by atoms with Gasteiger partial charge >= 0.3 is 5.97 Å². The number of nitrogens with zero attached hydrogens (tertiary/aromatic N) is 3. The van der Waals surface area contributed by atoms with E-state index in [0.717, 1.165) is 16.7 Å². The van der Waals surface area contributed by atoms with Crippen LogP contribution in [0.15, 0.2) is 96.1 Å². The van der Waals surface area contributed by atoms with E-state index >= 15 is 0 Å². The van der Waals surface area contributed by atoms with Gasteiger partial charge in [-0.3, -0.25) is 0 Å². The Morgan fingerprint density at radius 2 is 1.20 bits per heavy atom. The van der Waals surface area contributed by atoms with Crippen LogP contribution in [0.4, 0.5) is 0 Å². The van der Waals surface area contributed by atoms with Crippen molar-refractivity contribution < 1.29 is 28.5 Å². The molecule has 1 aliphatic heterocycles. The molecule has 9 heteroatoms. The third kappa shape index (κ3) is 9.14. The summed E-state index contributed by atoms with van der Waals surface area (Å²) in [4.78, 5) is 16.5. The first kappa shape index (κ1) is 30.2. The van der Waals surface area contributed by atoms with Crippen LogP contribution in [0.3, 0.4) is 0 Å². The second kappa shape index (κ2) is 14.8. The highest BCUT2D eigenvalue weighted by Gasteiger charge is 2.51. The molecule has 0 saturated carbocycles. The van der Waals surface area contributed by atoms with Crippen molar-refractivity contribution in [1.82, 2.24) is 0 Å². The molecule has 41 heavy (non-hydrogen) atoms. The molecule has 0 amide bonds. The molecule has 1 heterocycles. The van der Waals surface area contributed by atoms with Gasteiger partial charge in [0.2, 0.25) is 0 Å². The first-order valence-electron chi connectivity index (χ1n) is 13.7. The van der Waals surface area contributed by atoms with Gasteiger partial charge in [0.25, 0.3) is 0 Å². The minimum absolute atomic E-state index is 0.0636. The summed E-state index contributed by atoms with van der Waals surface area (Å²) >= 11 is 0. The summed E-state index contributed by atoms with van der Waals surface area (Å²) in [7, 11) is 0. The van der Waals surface area contributed by atoms with E-state index in [0.29, 0.717) is 0 Å². The molecule has 0 spiro atoms. The number of hydrogen-bond donors (Lipinski definition) is 0. The van der Waals surface area contributed by atoms with E-state index in [2.05, 4.69) is 10.0 Å². The number of hydrogen-bond acceptors (Lipinski definition) is 7. The van der Waals surface area contributed by atoms with Crippen molar-refractivity contribution in [2.24, 2.45) is 5.11 Å². The highest BCUT2D eigenvalue weighted by Crippen LogP contribution is 2.32.